The van der Waals surface area contributed by atoms with Crippen LogP contribution < -0.4 is 5.32 Å². The van der Waals surface area contributed by atoms with Gasteiger partial charge in [0.15, 0.2) is 4.34 Å². The molecule has 0 aliphatic carbocycles. The van der Waals surface area contributed by atoms with Gasteiger partial charge in [-0.1, -0.05) is 29.2 Å². The third kappa shape index (κ3) is 4.21. The summed E-state index contributed by atoms with van der Waals surface area (Å²) >= 11 is 3.34. The molecule has 1 aliphatic rings. The van der Waals surface area contributed by atoms with E-state index in [9.17, 15) is 0 Å². The van der Waals surface area contributed by atoms with Crippen LogP contribution in [0.3, 0.4) is 0 Å². The molecule has 0 saturated carbocycles. The van der Waals surface area contributed by atoms with Gasteiger partial charge in [0, 0.05) is 18.0 Å². The molecule has 0 radical (unpaired) electrons. The molecule has 3 rings (SSSR count). The number of ether oxygens (including phenoxy) is 1. The van der Waals surface area contributed by atoms with E-state index >= 15 is 0 Å². The second kappa shape index (κ2) is 7.44. The van der Waals surface area contributed by atoms with Crippen LogP contribution in [-0.4, -0.2) is 28.7 Å². The average Bonchev–Trinajstić information content (AvgIpc) is 2.97. The Hall–Kier alpha value is -1.11. The standard InChI is InChI=1S/C16H21N3OS2/c1-11-6-7-13(9-12(11)2)17-15-18-19-16(22-15)21-10-14-5-3-4-8-20-14/h6-7,9,14H,3-5,8,10H2,1-2H3,(H,17,18)/t14-/m1/s1. The maximum atomic E-state index is 5.75. The van der Waals surface area contributed by atoms with Crippen molar-refractivity contribution in [1.82, 2.24) is 10.2 Å². The van der Waals surface area contributed by atoms with E-state index in [1.54, 1.807) is 23.1 Å². The van der Waals surface area contributed by atoms with Crippen LogP contribution in [0.1, 0.15) is 30.4 Å². The lowest BCUT2D eigenvalue weighted by Crippen LogP contribution is -2.21. The highest BCUT2D eigenvalue weighted by atomic mass is 32.2. The van der Waals surface area contributed by atoms with E-state index in [4.69, 9.17) is 4.74 Å². The molecule has 1 fully saturated rings. The van der Waals surface area contributed by atoms with Crippen LogP contribution in [0.15, 0.2) is 22.5 Å². The molecule has 6 heteroatoms. The van der Waals surface area contributed by atoms with Crippen molar-refractivity contribution >= 4 is 33.9 Å². The highest BCUT2D eigenvalue weighted by molar-refractivity contribution is 8.01. The van der Waals surface area contributed by atoms with Crippen molar-refractivity contribution in [1.29, 1.82) is 0 Å². The van der Waals surface area contributed by atoms with Crippen molar-refractivity contribution in [2.45, 2.75) is 43.6 Å². The fourth-order valence-electron chi connectivity index (χ4n) is 2.36. The van der Waals surface area contributed by atoms with E-state index in [2.05, 4.69) is 47.6 Å². The number of hydrogen-bond acceptors (Lipinski definition) is 6. The van der Waals surface area contributed by atoms with Crippen LogP contribution in [0.2, 0.25) is 0 Å². The minimum atomic E-state index is 0.374. The highest BCUT2D eigenvalue weighted by Gasteiger charge is 2.15. The van der Waals surface area contributed by atoms with Crippen LogP contribution in [-0.2, 0) is 4.74 Å². The summed E-state index contributed by atoms with van der Waals surface area (Å²) in [4.78, 5) is 0. The molecule has 118 valence electrons. The van der Waals surface area contributed by atoms with Crippen LogP contribution in [0.4, 0.5) is 10.8 Å². The lowest BCUT2D eigenvalue weighted by atomic mass is 10.1. The quantitative estimate of drug-likeness (QED) is 0.812. The molecule has 0 unspecified atom stereocenters. The molecule has 2 aromatic rings. The molecular weight excluding hydrogens is 314 g/mol. The smallest absolute Gasteiger partial charge is 0.210 e. The van der Waals surface area contributed by atoms with E-state index < -0.39 is 0 Å². The monoisotopic (exact) mass is 335 g/mol. The number of hydrogen-bond donors (Lipinski definition) is 1. The number of rotatable bonds is 5. The Balaban J connectivity index is 1.55. The Morgan fingerprint density at radius 1 is 1.27 bits per heavy atom. The lowest BCUT2D eigenvalue weighted by Gasteiger charge is -2.21. The molecule has 1 aromatic heterocycles. The van der Waals surface area contributed by atoms with Crippen LogP contribution in [0, 0.1) is 13.8 Å². The van der Waals surface area contributed by atoms with E-state index in [-0.39, 0.29) is 0 Å². The normalized spacial score (nSPS) is 18.4. The first kappa shape index (κ1) is 15.8. The predicted molar refractivity (Wildman–Crippen MR) is 93.4 cm³/mol. The Labute approximate surface area is 139 Å². The maximum absolute atomic E-state index is 5.75. The Morgan fingerprint density at radius 3 is 2.95 bits per heavy atom. The summed E-state index contributed by atoms with van der Waals surface area (Å²) in [5.74, 6) is 0.971. The average molecular weight is 335 g/mol. The molecule has 4 nitrogen and oxygen atoms in total. The van der Waals surface area contributed by atoms with Gasteiger partial charge in [0.2, 0.25) is 5.13 Å². The Kier molecular flexibility index (Phi) is 5.33. The van der Waals surface area contributed by atoms with E-state index in [0.717, 1.165) is 27.5 Å². The summed E-state index contributed by atoms with van der Waals surface area (Å²) in [5.41, 5.74) is 3.64. The summed E-state index contributed by atoms with van der Waals surface area (Å²) in [6.07, 6.45) is 4.02. The van der Waals surface area contributed by atoms with Gasteiger partial charge in [0.1, 0.15) is 0 Å². The predicted octanol–water partition coefficient (Wildman–Crippen LogP) is 4.56. The minimum Gasteiger partial charge on any atom is -0.377 e. The van der Waals surface area contributed by atoms with Crippen molar-refractivity contribution in [3.63, 3.8) is 0 Å². The highest BCUT2D eigenvalue weighted by Crippen LogP contribution is 2.30. The molecule has 0 spiro atoms. The fraction of sp³-hybridized carbons (Fsp3) is 0.500. The number of nitrogens with one attached hydrogen (secondary N) is 1. The molecule has 1 atom stereocenters. The van der Waals surface area contributed by atoms with E-state index in [1.807, 2.05) is 0 Å². The zero-order chi connectivity index (χ0) is 15.4. The summed E-state index contributed by atoms with van der Waals surface area (Å²) in [5, 5.41) is 12.6. The molecule has 1 N–H and O–H groups in total. The van der Waals surface area contributed by atoms with Crippen LogP contribution >= 0.6 is 23.1 Å². The van der Waals surface area contributed by atoms with Gasteiger partial charge in [0.05, 0.1) is 6.10 Å². The van der Waals surface area contributed by atoms with Gasteiger partial charge >= 0.3 is 0 Å². The Morgan fingerprint density at radius 2 is 2.18 bits per heavy atom. The van der Waals surface area contributed by atoms with Crippen LogP contribution in [0.5, 0.6) is 0 Å². The topological polar surface area (TPSA) is 47.0 Å². The first-order chi connectivity index (χ1) is 10.7. The van der Waals surface area contributed by atoms with Gasteiger partial charge in [-0.15, -0.1) is 10.2 Å². The third-order valence-electron chi connectivity index (χ3n) is 3.83. The number of aryl methyl sites for hydroxylation is 2. The first-order valence-corrected chi connectivity index (χ1v) is 9.43. The molecule has 22 heavy (non-hydrogen) atoms. The molecule has 1 aromatic carbocycles. The zero-order valence-corrected chi connectivity index (χ0v) is 14.6. The summed E-state index contributed by atoms with van der Waals surface area (Å²) in [6.45, 7) is 5.14. The summed E-state index contributed by atoms with van der Waals surface area (Å²) < 4.78 is 6.75. The number of thioether (sulfide) groups is 1. The molecule has 0 bridgehead atoms. The third-order valence-corrected chi connectivity index (χ3v) is 5.94. The molecule has 1 aliphatic heterocycles. The van der Waals surface area contributed by atoms with Crippen molar-refractivity contribution in [3.8, 4) is 0 Å². The first-order valence-electron chi connectivity index (χ1n) is 7.63. The van der Waals surface area contributed by atoms with Gasteiger partial charge < -0.3 is 10.1 Å². The largest absolute Gasteiger partial charge is 0.377 e. The second-order valence-electron chi connectivity index (χ2n) is 5.60. The number of aromatic nitrogens is 2. The van der Waals surface area contributed by atoms with E-state index in [1.165, 1.54) is 30.4 Å². The van der Waals surface area contributed by atoms with E-state index in [0.29, 0.717) is 6.10 Å². The minimum absolute atomic E-state index is 0.374. The summed E-state index contributed by atoms with van der Waals surface area (Å²) in [6, 6.07) is 6.33. The van der Waals surface area contributed by atoms with Crippen molar-refractivity contribution in [2.24, 2.45) is 0 Å². The molecule has 1 saturated heterocycles. The second-order valence-corrected chi connectivity index (χ2v) is 7.84. The zero-order valence-electron chi connectivity index (χ0n) is 13.0. The van der Waals surface area contributed by atoms with Crippen molar-refractivity contribution in [2.75, 3.05) is 17.7 Å². The van der Waals surface area contributed by atoms with Crippen molar-refractivity contribution < 1.29 is 4.74 Å². The summed E-state index contributed by atoms with van der Waals surface area (Å²) in [7, 11) is 0. The molecular formula is C16H21N3OS2. The van der Waals surface area contributed by atoms with Gasteiger partial charge in [-0.05, 0) is 56.4 Å². The SMILES string of the molecule is Cc1ccc(Nc2nnc(SC[C@H]3CCCCO3)s2)cc1C. The fourth-order valence-corrected chi connectivity index (χ4v) is 4.23. The lowest BCUT2D eigenvalue weighted by molar-refractivity contribution is 0.0315. The molecule has 2 heterocycles. The van der Waals surface area contributed by atoms with Gasteiger partial charge in [0.25, 0.3) is 0 Å². The number of benzene rings is 1. The van der Waals surface area contributed by atoms with Crippen LogP contribution in [0.25, 0.3) is 0 Å². The maximum Gasteiger partial charge on any atom is 0.210 e. The van der Waals surface area contributed by atoms with Gasteiger partial charge in [-0.3, -0.25) is 0 Å². The number of anilines is 2. The van der Waals surface area contributed by atoms with Gasteiger partial charge in [-0.25, -0.2) is 0 Å². The van der Waals surface area contributed by atoms with Crippen molar-refractivity contribution in [3.05, 3.63) is 29.3 Å². The number of nitrogens with zero attached hydrogens (tertiary/aromatic N) is 2. The Bertz CT molecular complexity index is 624. The molecule has 0 amide bonds. The van der Waals surface area contributed by atoms with Gasteiger partial charge in [-0.2, -0.15) is 0 Å².